The Morgan fingerprint density at radius 2 is 2.26 bits per heavy atom. The Balaban J connectivity index is 2.85. The van der Waals surface area contributed by atoms with Gasteiger partial charge in [-0.15, -0.1) is 0 Å². The summed E-state index contributed by atoms with van der Waals surface area (Å²) >= 11 is 0. The molecule has 1 aromatic carbocycles. The molecule has 0 heterocycles. The second-order valence-electron chi connectivity index (χ2n) is 3.81. The zero-order chi connectivity index (χ0) is 14.1. The highest BCUT2D eigenvalue weighted by atomic mass is 19.1. The molecule has 1 aromatic rings. The predicted molar refractivity (Wildman–Crippen MR) is 70.9 cm³/mol. The lowest BCUT2D eigenvalue weighted by atomic mass is 10.2. The molecular formula is C13H19FN2O3. The summed E-state index contributed by atoms with van der Waals surface area (Å²) in [6.07, 6.45) is 0.641. The van der Waals surface area contributed by atoms with Crippen LogP contribution in [-0.2, 0) is 9.53 Å². The lowest BCUT2D eigenvalue weighted by molar-refractivity contribution is -0.109. The molecule has 1 amide bonds. The molecule has 0 atom stereocenters. The molecule has 0 saturated carbocycles. The van der Waals surface area contributed by atoms with E-state index in [0.29, 0.717) is 37.5 Å². The van der Waals surface area contributed by atoms with Gasteiger partial charge in [0.1, 0.15) is 11.6 Å². The van der Waals surface area contributed by atoms with Gasteiger partial charge in [-0.2, -0.15) is 0 Å². The third-order valence-electron chi connectivity index (χ3n) is 2.59. The van der Waals surface area contributed by atoms with E-state index < -0.39 is 0 Å². The molecule has 0 saturated heterocycles. The summed E-state index contributed by atoms with van der Waals surface area (Å²) in [5.74, 6) is 0.220. The molecule has 106 valence electrons. The van der Waals surface area contributed by atoms with Crippen LogP contribution in [0.15, 0.2) is 18.2 Å². The van der Waals surface area contributed by atoms with Crippen LogP contribution in [0.25, 0.3) is 0 Å². The van der Waals surface area contributed by atoms with Gasteiger partial charge in [-0.1, -0.05) is 0 Å². The highest BCUT2D eigenvalue weighted by Crippen LogP contribution is 2.29. The molecule has 0 aliphatic heterocycles. The normalized spacial score (nSPS) is 10.1. The zero-order valence-electron chi connectivity index (χ0n) is 11.2. The topological polar surface area (TPSA) is 50.8 Å². The van der Waals surface area contributed by atoms with Crippen molar-refractivity contribution in [3.05, 3.63) is 24.0 Å². The van der Waals surface area contributed by atoms with Crippen LogP contribution in [0.3, 0.4) is 0 Å². The van der Waals surface area contributed by atoms with Crippen molar-refractivity contribution < 1.29 is 18.7 Å². The van der Waals surface area contributed by atoms with Gasteiger partial charge >= 0.3 is 0 Å². The van der Waals surface area contributed by atoms with Gasteiger partial charge in [-0.05, 0) is 19.1 Å². The van der Waals surface area contributed by atoms with Crippen LogP contribution < -0.4 is 15.0 Å². The fourth-order valence-electron chi connectivity index (χ4n) is 1.69. The highest BCUT2D eigenvalue weighted by molar-refractivity contribution is 5.59. The third kappa shape index (κ3) is 4.75. The number of ether oxygens (including phenoxy) is 2. The number of methoxy groups -OCH3 is 1. The molecule has 0 fully saturated rings. The Hall–Kier alpha value is -1.82. The summed E-state index contributed by atoms with van der Waals surface area (Å²) in [6.45, 7) is 3.78. The van der Waals surface area contributed by atoms with Crippen LogP contribution >= 0.6 is 0 Å². The lowest BCUT2D eigenvalue weighted by Gasteiger charge is -2.25. The van der Waals surface area contributed by atoms with Crippen molar-refractivity contribution in [3.63, 3.8) is 0 Å². The number of rotatable bonds is 9. The van der Waals surface area contributed by atoms with E-state index in [-0.39, 0.29) is 12.6 Å². The van der Waals surface area contributed by atoms with Crippen molar-refractivity contribution in [2.45, 2.75) is 6.92 Å². The number of hydrogen-bond acceptors (Lipinski definition) is 4. The Kier molecular flexibility index (Phi) is 6.67. The molecule has 0 aliphatic rings. The van der Waals surface area contributed by atoms with E-state index in [1.54, 1.807) is 6.07 Å². The number of hydrogen-bond donors (Lipinski definition) is 1. The number of benzene rings is 1. The van der Waals surface area contributed by atoms with Crippen molar-refractivity contribution in [2.75, 3.05) is 38.4 Å². The molecule has 0 radical (unpaired) electrons. The average molecular weight is 270 g/mol. The second-order valence-corrected chi connectivity index (χ2v) is 3.81. The first-order valence-electron chi connectivity index (χ1n) is 6.06. The van der Waals surface area contributed by atoms with E-state index in [9.17, 15) is 9.18 Å². The maximum absolute atomic E-state index is 13.4. The molecule has 0 aliphatic carbocycles. The second kappa shape index (κ2) is 8.31. The summed E-state index contributed by atoms with van der Waals surface area (Å²) in [4.78, 5) is 12.2. The quantitative estimate of drug-likeness (QED) is 0.418. The fourth-order valence-corrected chi connectivity index (χ4v) is 1.69. The molecule has 5 nitrogen and oxygen atoms in total. The van der Waals surface area contributed by atoms with Gasteiger partial charge in [0.05, 0.1) is 5.69 Å². The van der Waals surface area contributed by atoms with Crippen LogP contribution in [-0.4, -0.2) is 39.9 Å². The third-order valence-corrected chi connectivity index (χ3v) is 2.59. The molecule has 6 heteroatoms. The van der Waals surface area contributed by atoms with E-state index in [1.165, 1.54) is 19.2 Å². The number of amides is 1. The maximum atomic E-state index is 13.4. The van der Waals surface area contributed by atoms with Crippen molar-refractivity contribution in [3.8, 4) is 5.75 Å². The van der Waals surface area contributed by atoms with Crippen molar-refractivity contribution in [2.24, 2.45) is 0 Å². The fraction of sp³-hybridized carbons (Fsp3) is 0.462. The molecule has 0 aromatic heterocycles. The van der Waals surface area contributed by atoms with E-state index in [2.05, 4.69) is 5.32 Å². The van der Waals surface area contributed by atoms with E-state index in [1.807, 2.05) is 11.8 Å². The summed E-state index contributed by atoms with van der Waals surface area (Å²) in [5, 5.41) is 2.58. The summed E-state index contributed by atoms with van der Waals surface area (Å²) in [7, 11) is 1.52. The smallest absolute Gasteiger partial charge is 0.207 e. The van der Waals surface area contributed by atoms with Crippen molar-refractivity contribution >= 4 is 12.1 Å². The molecule has 19 heavy (non-hydrogen) atoms. The van der Waals surface area contributed by atoms with Gasteiger partial charge in [-0.3, -0.25) is 4.79 Å². The van der Waals surface area contributed by atoms with Gasteiger partial charge in [0.25, 0.3) is 0 Å². The van der Waals surface area contributed by atoms with Crippen LogP contribution in [0.5, 0.6) is 5.75 Å². The Morgan fingerprint density at radius 3 is 2.89 bits per heavy atom. The molecule has 0 bridgehead atoms. The number of nitrogens with one attached hydrogen (secondary N) is 1. The minimum Gasteiger partial charge on any atom is -0.465 e. The van der Waals surface area contributed by atoms with Gasteiger partial charge in [-0.25, -0.2) is 4.39 Å². The molecule has 0 spiro atoms. The Bertz CT molecular complexity index is 401. The first kappa shape index (κ1) is 15.2. The lowest BCUT2D eigenvalue weighted by Crippen LogP contribution is -2.32. The number of carbonyl (C=O) groups excluding carboxylic acids is 1. The first-order valence-corrected chi connectivity index (χ1v) is 6.06. The zero-order valence-corrected chi connectivity index (χ0v) is 11.2. The molecule has 1 N–H and O–H groups in total. The number of halogens is 1. The monoisotopic (exact) mass is 270 g/mol. The van der Waals surface area contributed by atoms with Gasteiger partial charge in [0.15, 0.2) is 6.79 Å². The Morgan fingerprint density at radius 1 is 1.47 bits per heavy atom. The van der Waals surface area contributed by atoms with Crippen LogP contribution in [0.1, 0.15) is 6.92 Å². The SMILES string of the molecule is CCN(CCNC=O)c1cc(F)ccc1OCOC. The largest absolute Gasteiger partial charge is 0.465 e. The number of nitrogens with zero attached hydrogens (tertiary/aromatic N) is 1. The Labute approximate surface area is 112 Å². The van der Waals surface area contributed by atoms with Crippen LogP contribution in [0, 0.1) is 5.82 Å². The van der Waals surface area contributed by atoms with Crippen LogP contribution in [0.2, 0.25) is 0 Å². The van der Waals surface area contributed by atoms with Gasteiger partial charge in [0, 0.05) is 32.8 Å². The van der Waals surface area contributed by atoms with E-state index in [4.69, 9.17) is 9.47 Å². The minimum absolute atomic E-state index is 0.1000. The first-order chi connectivity index (χ1) is 9.22. The summed E-state index contributed by atoms with van der Waals surface area (Å²) in [6, 6.07) is 4.32. The maximum Gasteiger partial charge on any atom is 0.207 e. The van der Waals surface area contributed by atoms with Crippen molar-refractivity contribution in [1.29, 1.82) is 0 Å². The summed E-state index contributed by atoms with van der Waals surface area (Å²) < 4.78 is 23.6. The number of anilines is 1. The molecule has 1 rings (SSSR count). The van der Waals surface area contributed by atoms with E-state index in [0.717, 1.165) is 0 Å². The molecule has 0 unspecified atom stereocenters. The minimum atomic E-state index is -0.332. The van der Waals surface area contributed by atoms with E-state index >= 15 is 0 Å². The number of likely N-dealkylation sites (N-methyl/N-ethyl adjacent to an activating group) is 1. The number of carbonyl (C=O) groups is 1. The van der Waals surface area contributed by atoms with Gasteiger partial charge in [0.2, 0.25) is 6.41 Å². The summed E-state index contributed by atoms with van der Waals surface area (Å²) in [5.41, 5.74) is 0.646. The van der Waals surface area contributed by atoms with Crippen molar-refractivity contribution in [1.82, 2.24) is 5.32 Å². The van der Waals surface area contributed by atoms with Gasteiger partial charge < -0.3 is 19.7 Å². The average Bonchev–Trinajstić information content (AvgIpc) is 2.42. The predicted octanol–water partition coefficient (Wildman–Crippen LogP) is 1.38. The van der Waals surface area contributed by atoms with Crippen LogP contribution in [0.4, 0.5) is 10.1 Å². The standard InChI is InChI=1S/C13H19FN2O3/c1-3-16(7-6-15-9-17)12-8-11(14)4-5-13(12)19-10-18-2/h4-5,8-9H,3,6-7,10H2,1-2H3,(H,15,17). The highest BCUT2D eigenvalue weighted by Gasteiger charge is 2.12. The molecular weight excluding hydrogens is 251 g/mol.